The first-order chi connectivity index (χ1) is 10.7. The predicted molar refractivity (Wildman–Crippen MR) is 84.9 cm³/mol. The molecular formula is C19H21NO2. The van der Waals surface area contributed by atoms with Gasteiger partial charge in [-0.05, 0) is 5.56 Å². The van der Waals surface area contributed by atoms with E-state index in [0.717, 1.165) is 6.42 Å². The average molecular weight is 295 g/mol. The van der Waals surface area contributed by atoms with E-state index < -0.39 is 5.72 Å². The van der Waals surface area contributed by atoms with Crippen molar-refractivity contribution in [2.24, 2.45) is 11.8 Å². The quantitative estimate of drug-likeness (QED) is 0.854. The minimum Gasteiger partial charge on any atom is -0.353 e. The molecule has 2 heterocycles. The number of carbonyl (C=O) groups excluding carboxylic acids is 1. The Labute approximate surface area is 131 Å². The van der Waals surface area contributed by atoms with Gasteiger partial charge in [0.25, 0.3) is 0 Å². The van der Waals surface area contributed by atoms with Crippen molar-refractivity contribution in [1.82, 2.24) is 4.90 Å². The van der Waals surface area contributed by atoms with Crippen LogP contribution in [-0.2, 0) is 9.53 Å². The van der Waals surface area contributed by atoms with Crippen molar-refractivity contribution in [1.29, 1.82) is 0 Å². The first-order valence-electron chi connectivity index (χ1n) is 8.08. The summed E-state index contributed by atoms with van der Waals surface area (Å²) in [5, 5.41) is 0. The molecule has 4 rings (SSSR count). The molecule has 0 bridgehead atoms. The smallest absolute Gasteiger partial charge is 0.225 e. The predicted octanol–water partition coefficient (Wildman–Crippen LogP) is 3.45. The van der Waals surface area contributed by atoms with Gasteiger partial charge in [0, 0.05) is 24.7 Å². The molecule has 1 aliphatic carbocycles. The third kappa shape index (κ3) is 1.88. The van der Waals surface area contributed by atoms with Crippen molar-refractivity contribution >= 4 is 5.91 Å². The second-order valence-electron chi connectivity index (χ2n) is 6.48. The molecule has 0 saturated carbocycles. The van der Waals surface area contributed by atoms with Gasteiger partial charge in [0.1, 0.15) is 5.72 Å². The number of nitrogens with zero attached hydrogens (tertiary/aromatic N) is 1. The lowest BCUT2D eigenvalue weighted by Crippen LogP contribution is -2.49. The monoisotopic (exact) mass is 295 g/mol. The molecule has 3 aliphatic rings. The Hall–Kier alpha value is -1.87. The van der Waals surface area contributed by atoms with Crippen LogP contribution in [0.3, 0.4) is 0 Å². The minimum atomic E-state index is -0.443. The van der Waals surface area contributed by atoms with Gasteiger partial charge in [0.15, 0.2) is 0 Å². The van der Waals surface area contributed by atoms with Crippen LogP contribution in [0.5, 0.6) is 0 Å². The number of rotatable bonds is 3. The molecule has 22 heavy (non-hydrogen) atoms. The van der Waals surface area contributed by atoms with E-state index in [1.54, 1.807) is 0 Å². The maximum absolute atomic E-state index is 12.6. The van der Waals surface area contributed by atoms with Crippen molar-refractivity contribution in [3.63, 3.8) is 0 Å². The lowest BCUT2D eigenvalue weighted by molar-refractivity contribution is -0.147. The van der Waals surface area contributed by atoms with Crippen LogP contribution in [0.1, 0.15) is 31.4 Å². The SMILES string of the molecule is CC(C1C=CC=C1)[C@@]12CCC(=O)N1[C@@H](c1ccccc1)CO2. The number of hydrogen-bond donors (Lipinski definition) is 0. The molecule has 1 unspecified atom stereocenters. The Balaban J connectivity index is 1.69. The molecule has 0 spiro atoms. The molecule has 1 aromatic carbocycles. The molecule has 3 heteroatoms. The second-order valence-corrected chi connectivity index (χ2v) is 6.48. The highest BCUT2D eigenvalue weighted by molar-refractivity contribution is 5.80. The van der Waals surface area contributed by atoms with Gasteiger partial charge in [-0.2, -0.15) is 0 Å². The number of allylic oxidation sites excluding steroid dienone is 4. The average Bonchev–Trinajstić information content (AvgIpc) is 3.26. The molecule has 2 saturated heterocycles. The second kappa shape index (κ2) is 5.10. The van der Waals surface area contributed by atoms with Crippen LogP contribution in [0.25, 0.3) is 0 Å². The van der Waals surface area contributed by atoms with Crippen LogP contribution in [0.4, 0.5) is 0 Å². The van der Waals surface area contributed by atoms with E-state index in [1.807, 2.05) is 23.1 Å². The lowest BCUT2D eigenvalue weighted by atomic mass is 9.84. The summed E-state index contributed by atoms with van der Waals surface area (Å²) in [6, 6.07) is 10.3. The van der Waals surface area contributed by atoms with E-state index >= 15 is 0 Å². The van der Waals surface area contributed by atoms with Gasteiger partial charge in [0.05, 0.1) is 12.6 Å². The van der Waals surface area contributed by atoms with Crippen molar-refractivity contribution in [2.75, 3.05) is 6.61 Å². The summed E-state index contributed by atoms with van der Waals surface area (Å²) in [5.74, 6) is 0.842. The Morgan fingerprint density at radius 1 is 1.23 bits per heavy atom. The van der Waals surface area contributed by atoms with E-state index in [0.29, 0.717) is 18.9 Å². The van der Waals surface area contributed by atoms with E-state index in [-0.39, 0.29) is 17.9 Å². The fourth-order valence-corrected chi connectivity index (χ4v) is 4.20. The Morgan fingerprint density at radius 3 is 2.68 bits per heavy atom. The van der Waals surface area contributed by atoms with E-state index in [1.165, 1.54) is 5.56 Å². The molecule has 3 nitrogen and oxygen atoms in total. The zero-order chi connectivity index (χ0) is 15.2. The maximum Gasteiger partial charge on any atom is 0.225 e. The van der Waals surface area contributed by atoms with Crippen LogP contribution >= 0.6 is 0 Å². The molecule has 1 aromatic rings. The van der Waals surface area contributed by atoms with Crippen LogP contribution < -0.4 is 0 Å². The summed E-state index contributed by atoms with van der Waals surface area (Å²) in [6.07, 6.45) is 9.98. The molecule has 0 N–H and O–H groups in total. The molecule has 2 fully saturated rings. The van der Waals surface area contributed by atoms with Gasteiger partial charge in [-0.25, -0.2) is 0 Å². The molecule has 3 atom stereocenters. The maximum atomic E-state index is 12.6. The van der Waals surface area contributed by atoms with Gasteiger partial charge in [-0.1, -0.05) is 61.6 Å². The van der Waals surface area contributed by atoms with Gasteiger partial charge in [-0.3, -0.25) is 4.79 Å². The summed E-state index contributed by atoms with van der Waals surface area (Å²) in [7, 11) is 0. The lowest BCUT2D eigenvalue weighted by Gasteiger charge is -2.40. The molecule has 1 amide bonds. The summed E-state index contributed by atoms with van der Waals surface area (Å²) < 4.78 is 6.31. The summed E-state index contributed by atoms with van der Waals surface area (Å²) in [6.45, 7) is 2.81. The van der Waals surface area contributed by atoms with Gasteiger partial charge in [-0.15, -0.1) is 0 Å². The summed E-state index contributed by atoms with van der Waals surface area (Å²) >= 11 is 0. The van der Waals surface area contributed by atoms with E-state index in [9.17, 15) is 4.79 Å². The first-order valence-corrected chi connectivity index (χ1v) is 8.08. The van der Waals surface area contributed by atoms with Crippen molar-refractivity contribution in [2.45, 2.75) is 31.5 Å². The summed E-state index contributed by atoms with van der Waals surface area (Å²) in [4.78, 5) is 14.6. The number of amides is 1. The topological polar surface area (TPSA) is 29.5 Å². The molecular weight excluding hydrogens is 274 g/mol. The minimum absolute atomic E-state index is 0.0491. The Morgan fingerprint density at radius 2 is 1.95 bits per heavy atom. The molecule has 0 radical (unpaired) electrons. The van der Waals surface area contributed by atoms with Crippen molar-refractivity contribution < 1.29 is 9.53 Å². The molecule has 114 valence electrons. The largest absolute Gasteiger partial charge is 0.353 e. The summed E-state index contributed by atoms with van der Waals surface area (Å²) in [5.41, 5.74) is 0.728. The highest BCUT2D eigenvalue weighted by atomic mass is 16.5. The number of ether oxygens (including phenoxy) is 1. The highest BCUT2D eigenvalue weighted by Gasteiger charge is 2.58. The Bertz CT molecular complexity index is 624. The van der Waals surface area contributed by atoms with Gasteiger partial charge in [0.2, 0.25) is 5.91 Å². The standard InChI is InChI=1S/C19H21NO2/c1-14(15-7-5-6-8-15)19-12-11-18(21)20(19)17(13-22-19)16-9-3-2-4-10-16/h2-10,14-15,17H,11-13H2,1H3/t14?,17-,19+/m1/s1. The zero-order valence-corrected chi connectivity index (χ0v) is 12.8. The van der Waals surface area contributed by atoms with Crippen molar-refractivity contribution in [3.8, 4) is 0 Å². The van der Waals surface area contributed by atoms with Crippen LogP contribution in [-0.4, -0.2) is 23.1 Å². The fraction of sp³-hybridized carbons (Fsp3) is 0.421. The third-order valence-electron chi connectivity index (χ3n) is 5.43. The molecule has 2 aliphatic heterocycles. The number of carbonyl (C=O) groups is 1. The van der Waals surface area contributed by atoms with Crippen LogP contribution in [0, 0.1) is 11.8 Å². The normalized spacial score (nSPS) is 32.0. The first kappa shape index (κ1) is 13.8. The van der Waals surface area contributed by atoms with E-state index in [4.69, 9.17) is 4.74 Å². The molecule has 0 aromatic heterocycles. The number of fused-ring (bicyclic) bond motifs is 1. The van der Waals surface area contributed by atoms with Crippen LogP contribution in [0.15, 0.2) is 54.6 Å². The van der Waals surface area contributed by atoms with Gasteiger partial charge >= 0.3 is 0 Å². The number of benzene rings is 1. The fourth-order valence-electron chi connectivity index (χ4n) is 4.20. The Kier molecular flexibility index (Phi) is 3.19. The third-order valence-corrected chi connectivity index (χ3v) is 5.43. The van der Waals surface area contributed by atoms with Crippen LogP contribution in [0.2, 0.25) is 0 Å². The zero-order valence-electron chi connectivity index (χ0n) is 12.8. The van der Waals surface area contributed by atoms with E-state index in [2.05, 4.69) is 43.4 Å². The van der Waals surface area contributed by atoms with Gasteiger partial charge < -0.3 is 9.64 Å². The number of hydrogen-bond acceptors (Lipinski definition) is 2. The highest BCUT2D eigenvalue weighted by Crippen LogP contribution is 2.51. The van der Waals surface area contributed by atoms with Crippen molar-refractivity contribution in [3.05, 3.63) is 60.2 Å².